The number of phosphoric ester groups is 1. The molecule has 0 radical (unpaired) electrons. The van der Waals surface area contributed by atoms with Crippen LogP contribution in [0.15, 0.2) is 12.7 Å². The van der Waals surface area contributed by atoms with Gasteiger partial charge < -0.3 is 35.7 Å². The molecule has 31 heavy (non-hydrogen) atoms. The number of fused-ring (bicyclic) bond motifs is 1. The summed E-state index contributed by atoms with van der Waals surface area (Å²) >= 11 is 2.95. The molecule has 2 rings (SSSR count). The molecule has 17 nitrogen and oxygen atoms in total. The highest BCUT2D eigenvalue weighted by Crippen LogP contribution is 2.68. The topological polar surface area (TPSA) is 270 Å². The van der Waals surface area contributed by atoms with Gasteiger partial charge in [-0.2, -0.15) is 8.62 Å². The van der Waals surface area contributed by atoms with Crippen LogP contribution in [0.3, 0.4) is 0 Å². The lowest BCUT2D eigenvalue weighted by Gasteiger charge is -2.24. The Hall–Kier alpha value is -0.970. The van der Waals surface area contributed by atoms with Gasteiger partial charge >= 0.3 is 22.4 Å². The van der Waals surface area contributed by atoms with E-state index < -0.39 is 53.9 Å². The molecule has 0 saturated carbocycles. The van der Waals surface area contributed by atoms with Crippen LogP contribution < -0.4 is 5.73 Å². The summed E-state index contributed by atoms with van der Waals surface area (Å²) in [5.74, 6) is 0.0127. The first-order valence-electron chi connectivity index (χ1n) is 7.87. The van der Waals surface area contributed by atoms with E-state index in [1.807, 2.05) is 0 Å². The lowest BCUT2D eigenvalue weighted by Crippen LogP contribution is -2.35. The molecule has 0 aliphatic rings. The summed E-state index contributed by atoms with van der Waals surface area (Å²) in [7, 11) is -10.8. The largest absolute Gasteiger partial charge is 0.488 e. The highest BCUT2D eigenvalue weighted by Gasteiger charge is 2.40. The summed E-state index contributed by atoms with van der Waals surface area (Å²) in [4.78, 5) is 38.7. The molecule has 0 fully saturated rings. The minimum absolute atomic E-state index is 0.0127. The summed E-state index contributed by atoms with van der Waals surface area (Å²) in [6, 6.07) is 0. The Morgan fingerprint density at radius 3 is 2.32 bits per heavy atom. The molecule has 0 aliphatic heterocycles. The van der Waals surface area contributed by atoms with Crippen LogP contribution in [0.25, 0.3) is 11.2 Å². The van der Waals surface area contributed by atoms with Gasteiger partial charge in [-0.05, 0) is 6.42 Å². The van der Waals surface area contributed by atoms with Crippen molar-refractivity contribution in [2.45, 2.75) is 24.9 Å². The van der Waals surface area contributed by atoms with Crippen molar-refractivity contribution in [2.24, 2.45) is 0 Å². The van der Waals surface area contributed by atoms with E-state index in [4.69, 9.17) is 15.5 Å². The molecule has 0 spiro atoms. The number of aliphatic hydroxyl groups is 3. The van der Waals surface area contributed by atoms with Crippen molar-refractivity contribution in [3.05, 3.63) is 12.7 Å². The van der Waals surface area contributed by atoms with Crippen LogP contribution in [-0.4, -0.2) is 68.3 Å². The van der Waals surface area contributed by atoms with Crippen molar-refractivity contribution in [3.8, 4) is 0 Å². The first kappa shape index (κ1) is 26.3. The van der Waals surface area contributed by atoms with Gasteiger partial charge in [0, 0.05) is 0 Å². The number of aliphatic hydroxyl groups excluding tert-OH is 3. The van der Waals surface area contributed by atoms with Gasteiger partial charge in [-0.1, -0.05) is 12.2 Å². The van der Waals surface area contributed by atoms with Gasteiger partial charge in [0.2, 0.25) is 0 Å². The molecule has 4 unspecified atom stereocenters. The van der Waals surface area contributed by atoms with Gasteiger partial charge in [-0.3, -0.25) is 9.09 Å². The molecule has 0 saturated heterocycles. The third kappa shape index (κ3) is 7.54. The van der Waals surface area contributed by atoms with Crippen molar-refractivity contribution < 1.29 is 56.8 Å². The van der Waals surface area contributed by atoms with E-state index in [9.17, 15) is 33.9 Å². The summed E-state index contributed by atoms with van der Waals surface area (Å²) in [5, 5.41) is 30.4. The Bertz CT molecular complexity index is 1060. The van der Waals surface area contributed by atoms with Gasteiger partial charge in [0.1, 0.15) is 17.9 Å². The third-order valence-corrected chi connectivity index (χ3v) is 7.95. The smallest absolute Gasteiger partial charge is 0.390 e. The maximum Gasteiger partial charge on any atom is 0.488 e. The van der Waals surface area contributed by atoms with Crippen molar-refractivity contribution >= 4 is 51.7 Å². The second kappa shape index (κ2) is 9.89. The molecule has 2 aromatic rings. The van der Waals surface area contributed by atoms with Crippen LogP contribution in [0.2, 0.25) is 0 Å². The van der Waals surface area contributed by atoms with Gasteiger partial charge in [0.15, 0.2) is 17.7 Å². The summed E-state index contributed by atoms with van der Waals surface area (Å²) in [5.41, 5.74) is 5.80. The van der Waals surface area contributed by atoms with E-state index in [0.717, 1.165) is 17.2 Å². The average molecular weight is 525 g/mol. The number of hydrogen-bond donors (Lipinski definition) is 8. The second-order valence-corrected chi connectivity index (χ2v) is 11.7. The number of nitrogen functional groups attached to an aromatic ring is 1. The number of rotatable bonds is 11. The molecule has 2 heterocycles. The fourth-order valence-corrected chi connectivity index (χ4v) is 6.05. The Kier molecular flexibility index (Phi) is 8.38. The maximum atomic E-state index is 11.6. The average Bonchev–Trinajstić information content (AvgIpc) is 3.02. The molecule has 176 valence electrons. The number of thiol groups is 1. The SMILES string of the molecule is Nc1ncnc2c1ncn2[C@H](O)[C@@H](O)C(O)CCOP(=O)(O)OP(=O)(O)OP(=O)(O)S. The highest BCUT2D eigenvalue weighted by atomic mass is 32.7. The molecule has 21 heteroatoms. The van der Waals surface area contributed by atoms with E-state index in [0.29, 0.717) is 0 Å². The number of phosphoric acid groups is 2. The number of anilines is 1. The number of hydrogen-bond acceptors (Lipinski definition) is 13. The normalized spacial score (nSPS) is 21.0. The quantitative estimate of drug-likeness (QED) is 0.133. The van der Waals surface area contributed by atoms with Crippen LogP contribution in [0.4, 0.5) is 5.82 Å². The lowest BCUT2D eigenvalue weighted by atomic mass is 10.1. The van der Waals surface area contributed by atoms with Crippen molar-refractivity contribution in [1.29, 1.82) is 0 Å². The van der Waals surface area contributed by atoms with E-state index in [-0.39, 0.29) is 17.0 Å². The van der Waals surface area contributed by atoms with Crippen molar-refractivity contribution in [1.82, 2.24) is 19.5 Å². The first-order valence-corrected chi connectivity index (χ1v) is 13.6. The van der Waals surface area contributed by atoms with Crippen LogP contribution in [-0.2, 0) is 26.8 Å². The van der Waals surface area contributed by atoms with E-state index in [1.165, 1.54) is 0 Å². The highest BCUT2D eigenvalue weighted by molar-refractivity contribution is 8.44. The zero-order valence-electron chi connectivity index (χ0n) is 15.1. The summed E-state index contributed by atoms with van der Waals surface area (Å²) in [6.45, 7) is -5.66. The Morgan fingerprint density at radius 1 is 1.06 bits per heavy atom. The Balaban J connectivity index is 1.94. The number of nitrogens with two attached hydrogens (primary N) is 1. The summed E-state index contributed by atoms with van der Waals surface area (Å²) in [6.07, 6.45) is -3.77. The second-order valence-electron chi connectivity index (χ2n) is 5.77. The van der Waals surface area contributed by atoms with Crippen molar-refractivity contribution in [2.75, 3.05) is 12.3 Å². The zero-order valence-corrected chi connectivity index (χ0v) is 18.7. The number of aromatic nitrogens is 4. The van der Waals surface area contributed by atoms with Crippen LogP contribution in [0.1, 0.15) is 12.6 Å². The van der Waals surface area contributed by atoms with Crippen LogP contribution >= 0.6 is 34.7 Å². The van der Waals surface area contributed by atoms with Gasteiger partial charge in [-0.15, -0.1) is 0 Å². The lowest BCUT2D eigenvalue weighted by molar-refractivity contribution is -0.0941. The molecule has 6 atom stereocenters. The van der Waals surface area contributed by atoms with E-state index in [1.54, 1.807) is 0 Å². The van der Waals surface area contributed by atoms with E-state index in [2.05, 4.69) is 40.3 Å². The Labute approximate surface area is 178 Å². The molecular formula is C10H18N5O12P3S. The minimum atomic E-state index is -5.51. The Morgan fingerprint density at radius 2 is 1.71 bits per heavy atom. The van der Waals surface area contributed by atoms with Crippen LogP contribution in [0, 0.1) is 0 Å². The molecular weight excluding hydrogens is 507 g/mol. The first-order chi connectivity index (χ1) is 14.1. The molecule has 0 aliphatic carbocycles. The molecule has 0 aromatic carbocycles. The number of imidazole rings is 1. The predicted molar refractivity (Wildman–Crippen MR) is 104 cm³/mol. The van der Waals surface area contributed by atoms with Crippen LogP contribution in [0.5, 0.6) is 0 Å². The van der Waals surface area contributed by atoms with Gasteiger partial charge in [-0.25, -0.2) is 28.6 Å². The third-order valence-electron chi connectivity index (χ3n) is 3.46. The predicted octanol–water partition coefficient (Wildman–Crippen LogP) is -0.708. The monoisotopic (exact) mass is 525 g/mol. The zero-order chi connectivity index (χ0) is 23.6. The summed E-state index contributed by atoms with van der Waals surface area (Å²) < 4.78 is 46.6. The molecule has 2 aromatic heterocycles. The maximum absolute atomic E-state index is 11.6. The fourth-order valence-electron chi connectivity index (χ4n) is 2.19. The number of nitrogens with zero attached hydrogens (tertiary/aromatic N) is 4. The fraction of sp³-hybridized carbons (Fsp3) is 0.500. The van der Waals surface area contributed by atoms with Crippen molar-refractivity contribution in [3.63, 3.8) is 0 Å². The van der Waals surface area contributed by atoms with Gasteiger partial charge in [0.05, 0.1) is 19.0 Å². The molecule has 0 bridgehead atoms. The minimum Gasteiger partial charge on any atom is -0.390 e. The molecule has 0 amide bonds. The molecule has 8 N–H and O–H groups in total. The van der Waals surface area contributed by atoms with Gasteiger partial charge in [0.25, 0.3) is 0 Å². The standard InChI is InChI=1S/C10H18N5O12P3S/c11-8-6-9(13-3-12-8)15(4-14-6)10(18)7(17)5(16)1-2-25-28(19,20)26-29(21,22)27-30(23,24)31/h3-5,7,10,16-18H,1-2H2,(H,19,20)(H,21,22)(H2,11,12,13)(H2,23,24,31)/t5?,7-,10+/m0/s1. The van der Waals surface area contributed by atoms with E-state index >= 15 is 0 Å².